The zero-order valence-corrected chi connectivity index (χ0v) is 7.88. The summed E-state index contributed by atoms with van der Waals surface area (Å²) in [7, 11) is 0. The number of hydrogen-bond acceptors (Lipinski definition) is 2. The average Bonchev–Trinajstić information content (AvgIpc) is 1.82. The molecular weight excluding hydrogens is 154 g/mol. The molecular formula is C9H17NO2. The molecule has 0 aromatic heterocycles. The van der Waals surface area contributed by atoms with E-state index < -0.39 is 0 Å². The van der Waals surface area contributed by atoms with Crippen molar-refractivity contribution in [1.29, 1.82) is 0 Å². The minimum atomic E-state index is -0.175. The van der Waals surface area contributed by atoms with Gasteiger partial charge < -0.3 is 0 Å². The molecule has 0 bridgehead atoms. The first-order valence-electron chi connectivity index (χ1n) is 4.61. The van der Waals surface area contributed by atoms with Crippen molar-refractivity contribution in [2.75, 3.05) is 6.54 Å². The lowest BCUT2D eigenvalue weighted by Gasteiger charge is -2.33. The van der Waals surface area contributed by atoms with Crippen molar-refractivity contribution in [3.8, 4) is 0 Å². The van der Waals surface area contributed by atoms with E-state index in [-0.39, 0.29) is 11.5 Å². The molecule has 1 fully saturated rings. The lowest BCUT2D eigenvalue weighted by molar-refractivity contribution is -0.489. The van der Waals surface area contributed by atoms with Crippen LogP contribution < -0.4 is 0 Å². The Bertz CT molecular complexity index is 177. The van der Waals surface area contributed by atoms with Gasteiger partial charge in [-0.1, -0.05) is 20.3 Å². The van der Waals surface area contributed by atoms with E-state index in [9.17, 15) is 10.1 Å². The molecule has 1 atom stereocenters. The van der Waals surface area contributed by atoms with Crippen molar-refractivity contribution in [3.63, 3.8) is 0 Å². The third-order valence-corrected chi connectivity index (χ3v) is 2.71. The van der Waals surface area contributed by atoms with E-state index in [1.807, 2.05) is 0 Å². The van der Waals surface area contributed by atoms with Crippen LogP contribution in [0.4, 0.5) is 0 Å². The fourth-order valence-electron chi connectivity index (χ4n) is 2.22. The second-order valence-electron chi connectivity index (χ2n) is 4.64. The van der Waals surface area contributed by atoms with Gasteiger partial charge in [0.2, 0.25) is 6.54 Å². The van der Waals surface area contributed by atoms with Gasteiger partial charge >= 0.3 is 0 Å². The van der Waals surface area contributed by atoms with Crippen LogP contribution in [0.15, 0.2) is 0 Å². The number of nitrogens with zero attached hydrogens (tertiary/aromatic N) is 1. The molecule has 0 saturated heterocycles. The van der Waals surface area contributed by atoms with E-state index in [0.717, 1.165) is 19.3 Å². The second kappa shape index (κ2) is 3.42. The van der Waals surface area contributed by atoms with Crippen LogP contribution in [0.1, 0.15) is 39.5 Å². The monoisotopic (exact) mass is 171 g/mol. The van der Waals surface area contributed by atoms with Crippen LogP contribution in [0.3, 0.4) is 0 Å². The van der Waals surface area contributed by atoms with Gasteiger partial charge in [0.05, 0.1) is 0 Å². The quantitative estimate of drug-likeness (QED) is 0.473. The molecule has 1 rings (SSSR count). The summed E-state index contributed by atoms with van der Waals surface area (Å²) in [5, 5.41) is 10.3. The molecule has 0 N–H and O–H groups in total. The molecule has 0 aromatic rings. The van der Waals surface area contributed by atoms with E-state index in [0.29, 0.717) is 11.3 Å². The molecule has 0 radical (unpaired) electrons. The summed E-state index contributed by atoms with van der Waals surface area (Å²) in [5.41, 5.74) is 0.332. The van der Waals surface area contributed by atoms with Gasteiger partial charge in [0.15, 0.2) is 0 Å². The van der Waals surface area contributed by atoms with E-state index in [1.54, 1.807) is 0 Å². The van der Waals surface area contributed by atoms with Gasteiger partial charge in [-0.15, -0.1) is 0 Å². The maximum atomic E-state index is 10.3. The number of nitro groups is 1. The van der Waals surface area contributed by atoms with Crippen LogP contribution in [-0.4, -0.2) is 11.5 Å². The molecule has 0 aromatic carbocycles. The SMILES string of the molecule is CC1(C)CCCC(C[N+](=O)[O-])C1. The lowest BCUT2D eigenvalue weighted by atomic mass is 9.72. The molecule has 70 valence electrons. The predicted octanol–water partition coefficient (Wildman–Crippen LogP) is 2.48. The standard InChI is InChI=1S/C9H17NO2/c1-9(2)5-3-4-8(6-9)7-10(11)12/h8H,3-7H2,1-2H3. The van der Waals surface area contributed by atoms with Gasteiger partial charge in [0, 0.05) is 10.8 Å². The smallest absolute Gasteiger partial charge is 0.206 e. The van der Waals surface area contributed by atoms with Crippen molar-refractivity contribution in [1.82, 2.24) is 0 Å². The van der Waals surface area contributed by atoms with Crippen LogP contribution in [0.25, 0.3) is 0 Å². The molecule has 0 heterocycles. The average molecular weight is 171 g/mol. The minimum Gasteiger partial charge on any atom is -0.265 e. The van der Waals surface area contributed by atoms with Crippen molar-refractivity contribution in [2.45, 2.75) is 39.5 Å². The Hall–Kier alpha value is -0.600. The van der Waals surface area contributed by atoms with Crippen LogP contribution in [0.5, 0.6) is 0 Å². The minimum absolute atomic E-state index is 0.170. The summed E-state index contributed by atoms with van der Waals surface area (Å²) >= 11 is 0. The normalized spacial score (nSPS) is 28.3. The number of hydrogen-bond donors (Lipinski definition) is 0. The van der Waals surface area contributed by atoms with Crippen molar-refractivity contribution < 1.29 is 4.92 Å². The summed E-state index contributed by atoms with van der Waals surface area (Å²) in [6.07, 6.45) is 4.45. The summed E-state index contributed by atoms with van der Waals surface area (Å²) in [6, 6.07) is 0. The molecule has 3 nitrogen and oxygen atoms in total. The summed E-state index contributed by atoms with van der Waals surface area (Å²) in [6.45, 7) is 4.58. The van der Waals surface area contributed by atoms with Crippen LogP contribution in [0.2, 0.25) is 0 Å². The lowest BCUT2D eigenvalue weighted by Crippen LogP contribution is -2.27. The van der Waals surface area contributed by atoms with Gasteiger partial charge in [-0.25, -0.2) is 0 Å². The second-order valence-corrected chi connectivity index (χ2v) is 4.64. The molecule has 12 heavy (non-hydrogen) atoms. The third kappa shape index (κ3) is 2.80. The summed E-state index contributed by atoms with van der Waals surface area (Å²) in [5.74, 6) is 0.323. The van der Waals surface area contributed by atoms with E-state index in [2.05, 4.69) is 13.8 Å². The van der Waals surface area contributed by atoms with Gasteiger partial charge in [-0.2, -0.15) is 0 Å². The Balaban J connectivity index is 2.41. The maximum Gasteiger partial charge on any atom is 0.206 e. The Morgan fingerprint density at radius 3 is 2.75 bits per heavy atom. The maximum absolute atomic E-state index is 10.3. The Labute approximate surface area is 73.3 Å². The molecule has 1 unspecified atom stereocenters. The summed E-state index contributed by atoms with van der Waals surface area (Å²) in [4.78, 5) is 10.1. The van der Waals surface area contributed by atoms with Crippen molar-refractivity contribution in [3.05, 3.63) is 10.1 Å². The fraction of sp³-hybridized carbons (Fsp3) is 1.00. The van der Waals surface area contributed by atoms with E-state index >= 15 is 0 Å². The zero-order chi connectivity index (χ0) is 9.19. The molecule has 3 heteroatoms. The highest BCUT2D eigenvalue weighted by Gasteiger charge is 2.30. The molecule has 1 aliphatic rings. The number of rotatable bonds is 2. The highest BCUT2D eigenvalue weighted by Crippen LogP contribution is 2.38. The summed E-state index contributed by atoms with van der Waals surface area (Å²) < 4.78 is 0. The molecule has 0 amide bonds. The van der Waals surface area contributed by atoms with Crippen molar-refractivity contribution >= 4 is 0 Å². The van der Waals surface area contributed by atoms with Gasteiger partial charge in [-0.3, -0.25) is 10.1 Å². The van der Waals surface area contributed by atoms with Crippen LogP contribution >= 0.6 is 0 Å². The highest BCUT2D eigenvalue weighted by molar-refractivity contribution is 4.78. The molecule has 0 spiro atoms. The Kier molecular flexibility index (Phi) is 2.70. The van der Waals surface area contributed by atoms with Crippen LogP contribution in [0, 0.1) is 21.4 Å². The topological polar surface area (TPSA) is 43.1 Å². The van der Waals surface area contributed by atoms with Gasteiger partial charge in [0.25, 0.3) is 0 Å². The van der Waals surface area contributed by atoms with Gasteiger partial charge in [-0.05, 0) is 24.7 Å². The van der Waals surface area contributed by atoms with Crippen molar-refractivity contribution in [2.24, 2.45) is 11.3 Å². The zero-order valence-electron chi connectivity index (χ0n) is 7.88. The largest absolute Gasteiger partial charge is 0.265 e. The first-order chi connectivity index (χ1) is 5.49. The first kappa shape index (κ1) is 9.49. The molecule has 1 aliphatic carbocycles. The van der Waals surface area contributed by atoms with Gasteiger partial charge in [0.1, 0.15) is 0 Å². The Morgan fingerprint density at radius 1 is 1.58 bits per heavy atom. The molecule has 0 aliphatic heterocycles. The third-order valence-electron chi connectivity index (χ3n) is 2.71. The Morgan fingerprint density at radius 2 is 2.25 bits per heavy atom. The fourth-order valence-corrected chi connectivity index (χ4v) is 2.22. The highest BCUT2D eigenvalue weighted by atomic mass is 16.6. The predicted molar refractivity (Wildman–Crippen MR) is 47.6 cm³/mol. The first-order valence-corrected chi connectivity index (χ1v) is 4.61. The van der Waals surface area contributed by atoms with E-state index in [4.69, 9.17) is 0 Å². The van der Waals surface area contributed by atoms with E-state index in [1.165, 1.54) is 6.42 Å². The molecule has 1 saturated carbocycles. The van der Waals surface area contributed by atoms with Crippen LogP contribution in [-0.2, 0) is 0 Å².